The van der Waals surface area contributed by atoms with Crippen LogP contribution in [0.2, 0.25) is 0 Å². The molecule has 16 heteroatoms. The number of likely N-dealkylation sites (tertiary alicyclic amines) is 2. The molecule has 334 valence electrons. The van der Waals surface area contributed by atoms with E-state index < -0.39 is 42.7 Å². The predicted octanol–water partition coefficient (Wildman–Crippen LogP) is 3.70. The van der Waals surface area contributed by atoms with E-state index in [0.717, 1.165) is 98.4 Å². The summed E-state index contributed by atoms with van der Waals surface area (Å²) >= 11 is 0. The maximum absolute atomic E-state index is 13.3. The van der Waals surface area contributed by atoms with Crippen molar-refractivity contribution in [1.82, 2.24) is 34.8 Å². The number of fused-ring (bicyclic) bond motifs is 2. The molecule has 1 aromatic heterocycles. The van der Waals surface area contributed by atoms with Gasteiger partial charge in [-0.2, -0.15) is 0 Å². The average molecular weight is 867 g/mol. The highest BCUT2D eigenvalue weighted by molar-refractivity contribution is 6.23. The molecular formula is C47H57N7O9. The van der Waals surface area contributed by atoms with Crippen molar-refractivity contribution in [3.8, 4) is 28.4 Å². The highest BCUT2D eigenvalue weighted by Crippen LogP contribution is 2.51. The van der Waals surface area contributed by atoms with Gasteiger partial charge in [0.15, 0.2) is 0 Å². The number of nitrogens with one attached hydrogen (secondary N) is 2. The van der Waals surface area contributed by atoms with Crippen LogP contribution in [-0.2, 0) is 36.1 Å². The van der Waals surface area contributed by atoms with Crippen LogP contribution >= 0.6 is 0 Å². The fourth-order valence-electron chi connectivity index (χ4n) is 10.8. The van der Waals surface area contributed by atoms with E-state index in [4.69, 9.17) is 18.3 Å². The van der Waals surface area contributed by atoms with Crippen molar-refractivity contribution in [3.63, 3.8) is 0 Å². The molecule has 2 aromatic carbocycles. The monoisotopic (exact) mass is 866 g/mol. The molecule has 0 bridgehead atoms. The lowest BCUT2D eigenvalue weighted by atomic mass is 9.61. The number of nitrogens with zero attached hydrogens (tertiary/aromatic N) is 5. The normalized spacial score (nSPS) is 22.7. The van der Waals surface area contributed by atoms with Crippen LogP contribution in [-0.4, -0.2) is 126 Å². The number of imide groups is 2. The Morgan fingerprint density at radius 3 is 2.25 bits per heavy atom. The lowest BCUT2D eigenvalue weighted by Crippen LogP contribution is -2.54. The summed E-state index contributed by atoms with van der Waals surface area (Å²) in [6, 6.07) is 7.16. The second-order valence-corrected chi connectivity index (χ2v) is 18.2. The van der Waals surface area contributed by atoms with Gasteiger partial charge in [-0.25, -0.2) is 4.79 Å². The first-order valence-corrected chi connectivity index (χ1v) is 22.0. The first-order chi connectivity index (χ1) is 31.5. The number of hydrogen-bond donors (Lipinski definition) is 2. The summed E-state index contributed by atoms with van der Waals surface area (Å²) in [5.41, 5.74) is 4.36. The summed E-state index contributed by atoms with van der Waals surface area (Å²) in [5.74, 6) is 0.417. The third kappa shape index (κ3) is 8.07. The molecule has 5 aliphatic heterocycles. The maximum Gasteiger partial charge on any atom is 0.317 e. The van der Waals surface area contributed by atoms with E-state index in [1.807, 2.05) is 17.4 Å². The number of piperidine rings is 3. The smallest absolute Gasteiger partial charge is 0.317 e. The van der Waals surface area contributed by atoms with Crippen LogP contribution in [0.1, 0.15) is 92.9 Å². The molecule has 6 aliphatic rings. The van der Waals surface area contributed by atoms with Gasteiger partial charge in [0.25, 0.3) is 17.4 Å². The van der Waals surface area contributed by atoms with E-state index in [9.17, 15) is 28.8 Å². The number of carbonyl (C=O) groups is 5. The second-order valence-electron chi connectivity index (χ2n) is 18.2. The van der Waals surface area contributed by atoms with Gasteiger partial charge in [-0.1, -0.05) is 0 Å². The molecule has 1 saturated carbocycles. The topological polar surface area (TPSA) is 172 Å². The first-order valence-electron chi connectivity index (χ1n) is 23.5. The quantitative estimate of drug-likeness (QED) is 0.285. The summed E-state index contributed by atoms with van der Waals surface area (Å²) in [7, 11) is 4.96. The van der Waals surface area contributed by atoms with E-state index in [1.165, 1.54) is 9.47 Å². The van der Waals surface area contributed by atoms with Crippen LogP contribution in [0.5, 0.6) is 17.2 Å². The van der Waals surface area contributed by atoms with Crippen LogP contribution < -0.4 is 30.4 Å². The van der Waals surface area contributed by atoms with Gasteiger partial charge >= 0.3 is 6.03 Å². The number of benzene rings is 2. The average Bonchev–Trinajstić information content (AvgIpc) is 3.52. The largest absolute Gasteiger partial charge is 0.496 e. The molecule has 16 nitrogen and oxygen atoms in total. The molecule has 6 heterocycles. The zero-order valence-electron chi connectivity index (χ0n) is 39.1. The van der Waals surface area contributed by atoms with Gasteiger partial charge in [-0.15, -0.1) is 0 Å². The van der Waals surface area contributed by atoms with Crippen molar-refractivity contribution in [3.05, 3.63) is 74.7 Å². The van der Waals surface area contributed by atoms with Gasteiger partial charge in [-0.05, 0) is 130 Å². The summed E-state index contributed by atoms with van der Waals surface area (Å²) < 4.78 is 42.1. The number of hydrogen-bond acceptors (Lipinski definition) is 11. The third-order valence-electron chi connectivity index (χ3n) is 14.4. The third-order valence-corrected chi connectivity index (χ3v) is 14.4. The Balaban J connectivity index is 0.755. The summed E-state index contributed by atoms with van der Waals surface area (Å²) in [6.07, 6.45) is 8.70. The molecule has 3 saturated heterocycles. The van der Waals surface area contributed by atoms with E-state index in [1.54, 1.807) is 45.7 Å². The summed E-state index contributed by atoms with van der Waals surface area (Å²) in [6.45, 7) is 3.38. The van der Waals surface area contributed by atoms with E-state index >= 15 is 0 Å². The molecule has 1 spiro atoms. The Labute approximate surface area is 371 Å². The Morgan fingerprint density at radius 1 is 0.857 bits per heavy atom. The first kappa shape index (κ1) is 38.9. The van der Waals surface area contributed by atoms with Gasteiger partial charge in [0.05, 0.1) is 43.6 Å². The van der Waals surface area contributed by atoms with Crippen LogP contribution in [0.25, 0.3) is 11.1 Å². The number of urea groups is 1. The number of carbonyl (C=O) groups excluding carboxylic acids is 5. The fourth-order valence-corrected chi connectivity index (χ4v) is 10.8. The molecular weight excluding hydrogens is 807 g/mol. The maximum atomic E-state index is 13.3. The van der Waals surface area contributed by atoms with Crippen molar-refractivity contribution in [2.75, 3.05) is 60.5 Å². The Hall–Kier alpha value is -5.74. The number of rotatable bonds is 10. The second kappa shape index (κ2) is 17.1. The number of methoxy groups -OCH3 is 2. The molecule has 6 amide bonds. The van der Waals surface area contributed by atoms with E-state index in [0.29, 0.717) is 41.7 Å². The van der Waals surface area contributed by atoms with Gasteiger partial charge < -0.3 is 33.9 Å². The molecule has 0 radical (unpaired) electrons. The van der Waals surface area contributed by atoms with Crippen molar-refractivity contribution in [2.24, 2.45) is 18.4 Å². The van der Waals surface area contributed by atoms with Crippen LogP contribution in [0, 0.1) is 11.3 Å². The molecule has 1 aliphatic carbocycles. The Kier molecular flexibility index (Phi) is 10.6. The zero-order chi connectivity index (χ0) is 46.7. The molecule has 1 unspecified atom stereocenters. The minimum atomic E-state index is -2.63. The summed E-state index contributed by atoms with van der Waals surface area (Å²) in [4.78, 5) is 83.9. The minimum Gasteiger partial charge on any atom is -0.496 e. The van der Waals surface area contributed by atoms with Crippen molar-refractivity contribution in [2.45, 2.75) is 83.0 Å². The van der Waals surface area contributed by atoms with Crippen molar-refractivity contribution >= 4 is 29.7 Å². The molecule has 9 rings (SSSR count). The zero-order valence-corrected chi connectivity index (χ0v) is 36.1. The fraction of sp³-hybridized carbons (Fsp3) is 0.532. The van der Waals surface area contributed by atoms with Gasteiger partial charge in [0, 0.05) is 61.5 Å². The number of ether oxygens (including phenoxy) is 3. The van der Waals surface area contributed by atoms with Crippen LogP contribution in [0.3, 0.4) is 0 Å². The highest BCUT2D eigenvalue weighted by Gasteiger charge is 2.48. The predicted molar refractivity (Wildman–Crippen MR) is 232 cm³/mol. The molecule has 3 aromatic rings. The van der Waals surface area contributed by atoms with E-state index in [2.05, 4.69) is 15.1 Å². The number of aromatic nitrogens is 1. The molecule has 63 heavy (non-hydrogen) atoms. The number of aryl methyl sites for hydroxylation is 1. The Morgan fingerprint density at radius 2 is 1.57 bits per heavy atom. The molecule has 4 fully saturated rings. The number of amides is 6. The van der Waals surface area contributed by atoms with Gasteiger partial charge in [0.2, 0.25) is 11.8 Å². The van der Waals surface area contributed by atoms with Crippen LogP contribution in [0.4, 0.5) is 4.79 Å². The minimum absolute atomic E-state index is 0.00195. The Bertz CT molecular complexity index is 2500. The summed E-state index contributed by atoms with van der Waals surface area (Å²) in [5, 5.41) is 4.26. The van der Waals surface area contributed by atoms with Gasteiger partial charge in [-0.3, -0.25) is 39.1 Å². The van der Waals surface area contributed by atoms with Crippen molar-refractivity contribution < 1.29 is 42.3 Å². The van der Waals surface area contributed by atoms with Crippen molar-refractivity contribution in [1.29, 1.82) is 0 Å². The van der Waals surface area contributed by atoms with Crippen LogP contribution in [0.15, 0.2) is 41.3 Å². The van der Waals surface area contributed by atoms with Gasteiger partial charge in [0.1, 0.15) is 23.3 Å². The standard InChI is InChI=1S/C47H57N7O9/c1-48-46(60)53-16-11-32-35(25-50(2)43(57)36(32)27-53)29-19-39(61-3)37(40(20-29)62-4)26-51-14-9-28(10-15-51)24-52-17-12-47(13-18-52)22-31(23-47)63-30-5-6-33-34(21-30)45(59)54(44(33)58)38-7-8-41(55)49-42(38)56/h5-6,19-21,25,28,31,38H,7-18,22-24,26-27H2,1-4H3,(H,48,60)(H,49,55,56)/i1D3. The lowest BCUT2D eigenvalue weighted by molar-refractivity contribution is -0.136. The van der Waals surface area contributed by atoms with E-state index in [-0.39, 0.29) is 54.1 Å². The lowest BCUT2D eigenvalue weighted by Gasteiger charge is -2.52. The highest BCUT2D eigenvalue weighted by atomic mass is 16.5. The molecule has 2 N–H and O–H groups in total. The molecule has 1 atom stereocenters. The number of pyridine rings is 1. The SMILES string of the molecule is [2H]C([2H])([2H])NC(=O)N1CCc2c(-c3cc(OC)c(CN4CCC(CN5CCC6(CC5)CC(Oc5ccc7c(c5)C(=O)N(C5CCC(=O)NC5=O)C7=O)C6)CC4)c(OC)c3)cn(C)c(=O)c2C1.